The number of nitrogens with one attached hydrogen (secondary N) is 1. The van der Waals surface area contributed by atoms with Crippen LogP contribution >= 0.6 is 11.3 Å². The number of hydrogen-bond donors (Lipinski definition) is 2. The van der Waals surface area contributed by atoms with Gasteiger partial charge in [-0.1, -0.05) is 13.0 Å². The summed E-state index contributed by atoms with van der Waals surface area (Å²) in [5.41, 5.74) is 0. The first-order valence-electron chi connectivity index (χ1n) is 6.24. The molecule has 5 heteroatoms. The Balaban J connectivity index is 2.11. The zero-order chi connectivity index (χ0) is 12.8. The molecule has 2 aromatic heterocycles. The number of hydrogen-bond acceptors (Lipinski definition) is 4. The topological polar surface area (TPSA) is 50.1 Å². The Bertz CT molecular complexity index is 447. The van der Waals surface area contributed by atoms with Crippen molar-refractivity contribution in [2.24, 2.45) is 0 Å². The Labute approximate surface area is 111 Å². The van der Waals surface area contributed by atoms with E-state index >= 15 is 0 Å². The third-order valence-corrected chi connectivity index (χ3v) is 3.71. The summed E-state index contributed by atoms with van der Waals surface area (Å²) >= 11 is 1.70. The Kier molecular flexibility index (Phi) is 4.92. The molecular formula is C13H19N3OS. The van der Waals surface area contributed by atoms with Gasteiger partial charge in [-0.05, 0) is 24.4 Å². The lowest BCUT2D eigenvalue weighted by Gasteiger charge is -2.18. The first-order valence-corrected chi connectivity index (χ1v) is 7.12. The fourth-order valence-corrected chi connectivity index (χ4v) is 2.76. The van der Waals surface area contributed by atoms with Crippen molar-refractivity contribution in [1.29, 1.82) is 0 Å². The number of thiophene rings is 1. The normalized spacial score (nSPS) is 12.8. The molecular weight excluding hydrogens is 246 g/mol. The number of aliphatic hydroxyl groups is 1. The molecule has 0 aliphatic carbocycles. The number of aliphatic hydroxyl groups excluding tert-OH is 1. The molecule has 0 aromatic carbocycles. The zero-order valence-corrected chi connectivity index (χ0v) is 11.4. The van der Waals surface area contributed by atoms with E-state index in [4.69, 9.17) is 5.11 Å². The van der Waals surface area contributed by atoms with Gasteiger partial charge in [0.25, 0.3) is 0 Å². The van der Waals surface area contributed by atoms with Gasteiger partial charge >= 0.3 is 0 Å². The number of aromatic nitrogens is 2. The number of rotatable bonds is 7. The zero-order valence-electron chi connectivity index (χ0n) is 10.5. The molecule has 2 aromatic rings. The summed E-state index contributed by atoms with van der Waals surface area (Å²) in [6, 6.07) is 4.40. The van der Waals surface area contributed by atoms with Crippen molar-refractivity contribution in [1.82, 2.24) is 14.9 Å². The van der Waals surface area contributed by atoms with E-state index in [1.807, 2.05) is 18.5 Å². The molecule has 0 amide bonds. The molecule has 0 aliphatic rings. The predicted molar refractivity (Wildman–Crippen MR) is 74.7 cm³/mol. The first-order chi connectivity index (χ1) is 8.85. The lowest BCUT2D eigenvalue weighted by atomic mass is 10.2. The molecule has 0 fully saturated rings. The number of imidazole rings is 1. The summed E-state index contributed by atoms with van der Waals surface area (Å²) in [7, 11) is 0. The van der Waals surface area contributed by atoms with Crippen molar-refractivity contribution in [3.8, 4) is 10.7 Å². The maximum atomic E-state index is 9.08. The molecule has 0 spiro atoms. The molecule has 4 nitrogen and oxygen atoms in total. The van der Waals surface area contributed by atoms with Crippen molar-refractivity contribution >= 4 is 11.3 Å². The van der Waals surface area contributed by atoms with Crippen LogP contribution in [-0.4, -0.2) is 33.9 Å². The third-order valence-electron chi connectivity index (χ3n) is 2.84. The quantitative estimate of drug-likeness (QED) is 0.805. The van der Waals surface area contributed by atoms with Gasteiger partial charge in [0.15, 0.2) is 0 Å². The summed E-state index contributed by atoms with van der Waals surface area (Å²) < 4.78 is 2.15. The summed E-state index contributed by atoms with van der Waals surface area (Å²) in [6.07, 6.45) is 4.59. The second-order valence-electron chi connectivity index (χ2n) is 4.15. The highest BCUT2D eigenvalue weighted by Crippen LogP contribution is 2.23. The minimum atomic E-state index is 0.209. The minimum absolute atomic E-state index is 0.209. The summed E-state index contributed by atoms with van der Waals surface area (Å²) in [4.78, 5) is 5.59. The molecule has 98 valence electrons. The van der Waals surface area contributed by atoms with Gasteiger partial charge in [-0.3, -0.25) is 0 Å². The average Bonchev–Trinajstić information content (AvgIpc) is 2.99. The van der Waals surface area contributed by atoms with E-state index in [-0.39, 0.29) is 12.6 Å². The van der Waals surface area contributed by atoms with Crippen molar-refractivity contribution < 1.29 is 5.11 Å². The van der Waals surface area contributed by atoms with Crippen LogP contribution in [0.3, 0.4) is 0 Å². The molecule has 1 atom stereocenters. The number of nitrogens with zero attached hydrogens (tertiary/aromatic N) is 2. The highest BCUT2D eigenvalue weighted by Gasteiger charge is 2.12. The average molecular weight is 265 g/mol. The van der Waals surface area contributed by atoms with Crippen LogP contribution in [0.15, 0.2) is 29.9 Å². The van der Waals surface area contributed by atoms with Crippen LogP contribution < -0.4 is 5.32 Å². The fraction of sp³-hybridized carbons (Fsp3) is 0.462. The Hall–Kier alpha value is -1.17. The van der Waals surface area contributed by atoms with Crippen LogP contribution in [0.5, 0.6) is 0 Å². The Morgan fingerprint density at radius 2 is 2.44 bits per heavy atom. The molecule has 0 saturated carbocycles. The van der Waals surface area contributed by atoms with Gasteiger partial charge in [0.05, 0.1) is 4.88 Å². The van der Waals surface area contributed by atoms with Crippen LogP contribution in [0.2, 0.25) is 0 Å². The molecule has 0 saturated heterocycles. The highest BCUT2D eigenvalue weighted by atomic mass is 32.1. The highest BCUT2D eigenvalue weighted by molar-refractivity contribution is 7.13. The van der Waals surface area contributed by atoms with E-state index in [1.54, 1.807) is 11.3 Å². The predicted octanol–water partition coefficient (Wildman–Crippen LogP) is 1.97. The summed E-state index contributed by atoms with van der Waals surface area (Å²) in [5.74, 6) is 1.01. The molecule has 2 heterocycles. The van der Waals surface area contributed by atoms with Crippen LogP contribution in [0, 0.1) is 0 Å². The Morgan fingerprint density at radius 3 is 3.11 bits per heavy atom. The van der Waals surface area contributed by atoms with Crippen LogP contribution in [-0.2, 0) is 6.54 Å². The van der Waals surface area contributed by atoms with Crippen LogP contribution in [0.4, 0.5) is 0 Å². The first kappa shape index (κ1) is 13.3. The van der Waals surface area contributed by atoms with E-state index in [2.05, 4.69) is 33.2 Å². The molecule has 18 heavy (non-hydrogen) atoms. The second-order valence-corrected chi connectivity index (χ2v) is 5.10. The molecule has 1 unspecified atom stereocenters. The van der Waals surface area contributed by atoms with Crippen molar-refractivity contribution in [2.75, 3.05) is 13.2 Å². The van der Waals surface area contributed by atoms with Gasteiger partial charge in [0.2, 0.25) is 0 Å². The fourth-order valence-electron chi connectivity index (χ4n) is 2.03. The van der Waals surface area contributed by atoms with Gasteiger partial charge in [-0.25, -0.2) is 4.98 Å². The SMILES string of the molecule is CCNC(CCO)Cn1ccnc1-c1cccs1. The lowest BCUT2D eigenvalue weighted by Crippen LogP contribution is -2.34. The van der Waals surface area contributed by atoms with Gasteiger partial charge in [0.1, 0.15) is 5.82 Å². The van der Waals surface area contributed by atoms with Gasteiger partial charge in [-0.2, -0.15) is 0 Å². The molecule has 0 radical (unpaired) electrons. The maximum absolute atomic E-state index is 9.08. The van der Waals surface area contributed by atoms with Crippen molar-refractivity contribution in [2.45, 2.75) is 25.9 Å². The summed E-state index contributed by atoms with van der Waals surface area (Å²) in [6.45, 7) is 4.04. The smallest absolute Gasteiger partial charge is 0.150 e. The van der Waals surface area contributed by atoms with E-state index in [0.717, 1.165) is 25.3 Å². The monoisotopic (exact) mass is 265 g/mol. The van der Waals surface area contributed by atoms with Gasteiger partial charge in [0, 0.05) is 31.6 Å². The van der Waals surface area contributed by atoms with E-state index < -0.39 is 0 Å². The van der Waals surface area contributed by atoms with Crippen LogP contribution in [0.25, 0.3) is 10.7 Å². The summed E-state index contributed by atoms with van der Waals surface area (Å²) in [5, 5.41) is 14.5. The number of likely N-dealkylation sites (N-methyl/N-ethyl adjacent to an activating group) is 1. The molecule has 0 aliphatic heterocycles. The lowest BCUT2D eigenvalue weighted by molar-refractivity contribution is 0.258. The van der Waals surface area contributed by atoms with Crippen molar-refractivity contribution in [3.63, 3.8) is 0 Å². The standard InChI is InChI=1S/C13H19N3OS/c1-2-14-11(5-8-17)10-16-7-6-15-13(16)12-4-3-9-18-12/h3-4,6-7,9,11,14,17H,2,5,8,10H2,1H3. The maximum Gasteiger partial charge on any atom is 0.150 e. The van der Waals surface area contributed by atoms with Gasteiger partial charge < -0.3 is 15.0 Å². The van der Waals surface area contributed by atoms with Gasteiger partial charge in [-0.15, -0.1) is 11.3 Å². The second kappa shape index (κ2) is 6.68. The molecule has 2 rings (SSSR count). The molecule has 2 N–H and O–H groups in total. The van der Waals surface area contributed by atoms with E-state index in [1.165, 1.54) is 4.88 Å². The van der Waals surface area contributed by atoms with Crippen LogP contribution in [0.1, 0.15) is 13.3 Å². The van der Waals surface area contributed by atoms with E-state index in [9.17, 15) is 0 Å². The van der Waals surface area contributed by atoms with E-state index in [0.29, 0.717) is 0 Å². The molecule has 0 bridgehead atoms. The largest absolute Gasteiger partial charge is 0.396 e. The third kappa shape index (κ3) is 3.19. The van der Waals surface area contributed by atoms with Crippen molar-refractivity contribution in [3.05, 3.63) is 29.9 Å². The minimum Gasteiger partial charge on any atom is -0.396 e. The Morgan fingerprint density at radius 1 is 1.56 bits per heavy atom.